The lowest BCUT2D eigenvalue weighted by atomic mass is 9.98. The second kappa shape index (κ2) is 6.04. The second-order valence-corrected chi connectivity index (χ2v) is 5.82. The van der Waals surface area contributed by atoms with Crippen LogP contribution in [0.2, 0.25) is 0 Å². The Labute approximate surface area is 117 Å². The van der Waals surface area contributed by atoms with E-state index in [1.165, 1.54) is 18.4 Å². The Morgan fingerprint density at radius 1 is 1.39 bits per heavy atom. The third kappa shape index (κ3) is 3.05. The van der Waals surface area contributed by atoms with Crippen LogP contribution in [0.4, 0.5) is 0 Å². The summed E-state index contributed by atoms with van der Waals surface area (Å²) in [4.78, 5) is 0. The molecule has 0 spiro atoms. The number of rotatable bonds is 5. The van der Waals surface area contributed by atoms with Crippen molar-refractivity contribution in [2.24, 2.45) is 0 Å². The Balaban J connectivity index is 1.99. The summed E-state index contributed by atoms with van der Waals surface area (Å²) in [5.74, 6) is 0.844. The molecule has 0 saturated heterocycles. The SMILES string of the molecule is COc1ccc(CNC2(CO)CCCC2)cc1Br. The molecule has 0 radical (unpaired) electrons. The van der Waals surface area contributed by atoms with Gasteiger partial charge >= 0.3 is 0 Å². The molecule has 1 saturated carbocycles. The van der Waals surface area contributed by atoms with Gasteiger partial charge in [0, 0.05) is 12.1 Å². The minimum Gasteiger partial charge on any atom is -0.496 e. The maximum Gasteiger partial charge on any atom is 0.133 e. The molecule has 0 bridgehead atoms. The third-order valence-corrected chi connectivity index (χ3v) is 4.37. The van der Waals surface area contributed by atoms with Crippen molar-refractivity contribution >= 4 is 15.9 Å². The van der Waals surface area contributed by atoms with Crippen LogP contribution in [0.1, 0.15) is 31.2 Å². The number of aliphatic hydroxyl groups excluding tert-OH is 1. The van der Waals surface area contributed by atoms with Crippen molar-refractivity contribution in [2.45, 2.75) is 37.8 Å². The summed E-state index contributed by atoms with van der Waals surface area (Å²) < 4.78 is 6.18. The van der Waals surface area contributed by atoms with E-state index in [0.29, 0.717) is 0 Å². The number of aliphatic hydroxyl groups is 1. The summed E-state index contributed by atoms with van der Waals surface area (Å²) >= 11 is 3.49. The molecule has 100 valence electrons. The van der Waals surface area contributed by atoms with Gasteiger partial charge in [-0.25, -0.2) is 0 Å². The number of benzene rings is 1. The van der Waals surface area contributed by atoms with Crippen molar-refractivity contribution in [3.63, 3.8) is 0 Å². The van der Waals surface area contributed by atoms with E-state index in [1.807, 2.05) is 6.07 Å². The fourth-order valence-corrected chi connectivity index (χ4v) is 3.14. The second-order valence-electron chi connectivity index (χ2n) is 4.97. The van der Waals surface area contributed by atoms with Crippen molar-refractivity contribution in [3.05, 3.63) is 28.2 Å². The molecule has 1 fully saturated rings. The molecule has 0 unspecified atom stereocenters. The lowest BCUT2D eigenvalue weighted by Crippen LogP contribution is -2.45. The van der Waals surface area contributed by atoms with Crippen LogP contribution in [0.5, 0.6) is 5.75 Å². The van der Waals surface area contributed by atoms with Crippen LogP contribution in [0.25, 0.3) is 0 Å². The summed E-state index contributed by atoms with van der Waals surface area (Å²) in [6, 6.07) is 6.07. The summed E-state index contributed by atoms with van der Waals surface area (Å²) in [6.07, 6.45) is 4.56. The summed E-state index contributed by atoms with van der Waals surface area (Å²) in [5, 5.41) is 13.1. The van der Waals surface area contributed by atoms with Crippen LogP contribution in [0.3, 0.4) is 0 Å². The predicted octanol–water partition coefficient (Wildman–Crippen LogP) is 2.85. The zero-order chi connectivity index (χ0) is 13.0. The highest BCUT2D eigenvalue weighted by atomic mass is 79.9. The topological polar surface area (TPSA) is 41.5 Å². The van der Waals surface area contributed by atoms with Gasteiger partial charge in [0.2, 0.25) is 0 Å². The van der Waals surface area contributed by atoms with Gasteiger partial charge in [-0.05, 0) is 46.5 Å². The van der Waals surface area contributed by atoms with Gasteiger partial charge in [0.05, 0.1) is 18.2 Å². The molecule has 0 amide bonds. The molecule has 0 aliphatic heterocycles. The van der Waals surface area contributed by atoms with Gasteiger partial charge in [-0.3, -0.25) is 0 Å². The number of hydrogen-bond acceptors (Lipinski definition) is 3. The Morgan fingerprint density at radius 2 is 2.11 bits per heavy atom. The number of methoxy groups -OCH3 is 1. The smallest absolute Gasteiger partial charge is 0.133 e. The maximum atomic E-state index is 9.54. The molecule has 2 rings (SSSR count). The van der Waals surface area contributed by atoms with E-state index in [4.69, 9.17) is 4.74 Å². The highest BCUT2D eigenvalue weighted by molar-refractivity contribution is 9.10. The van der Waals surface area contributed by atoms with E-state index in [2.05, 4.69) is 33.4 Å². The van der Waals surface area contributed by atoms with Crippen LogP contribution in [-0.4, -0.2) is 24.4 Å². The molecule has 18 heavy (non-hydrogen) atoms. The number of halogens is 1. The van der Waals surface area contributed by atoms with Gasteiger partial charge < -0.3 is 15.2 Å². The summed E-state index contributed by atoms with van der Waals surface area (Å²) in [6.45, 7) is 1.01. The Bertz CT molecular complexity index is 403. The van der Waals surface area contributed by atoms with Gasteiger partial charge in [-0.1, -0.05) is 18.9 Å². The minimum atomic E-state index is -0.0631. The van der Waals surface area contributed by atoms with Crippen molar-refractivity contribution in [3.8, 4) is 5.75 Å². The van der Waals surface area contributed by atoms with Crippen LogP contribution in [0, 0.1) is 0 Å². The first-order valence-corrected chi connectivity index (χ1v) is 7.17. The molecule has 2 N–H and O–H groups in total. The van der Waals surface area contributed by atoms with Crippen LogP contribution in [-0.2, 0) is 6.54 Å². The molecular formula is C14H20BrNO2. The zero-order valence-electron chi connectivity index (χ0n) is 10.7. The highest BCUT2D eigenvalue weighted by Crippen LogP contribution is 2.30. The molecule has 1 aliphatic rings. The van der Waals surface area contributed by atoms with Gasteiger partial charge in [0.1, 0.15) is 5.75 Å². The Kier molecular flexibility index (Phi) is 4.65. The van der Waals surface area contributed by atoms with E-state index < -0.39 is 0 Å². The minimum absolute atomic E-state index is 0.0631. The fourth-order valence-electron chi connectivity index (χ4n) is 2.55. The van der Waals surface area contributed by atoms with Crippen LogP contribution >= 0.6 is 15.9 Å². The zero-order valence-corrected chi connectivity index (χ0v) is 12.3. The van der Waals surface area contributed by atoms with E-state index in [9.17, 15) is 5.11 Å². The molecule has 1 aromatic rings. The standard InChI is InChI=1S/C14H20BrNO2/c1-18-13-5-4-11(8-12(13)15)9-16-14(10-17)6-2-3-7-14/h4-5,8,16-17H,2-3,6-7,9-10H2,1H3. The first-order valence-electron chi connectivity index (χ1n) is 6.37. The lowest BCUT2D eigenvalue weighted by Gasteiger charge is -2.28. The maximum absolute atomic E-state index is 9.54. The molecule has 3 nitrogen and oxygen atoms in total. The Morgan fingerprint density at radius 3 is 2.67 bits per heavy atom. The molecule has 0 atom stereocenters. The van der Waals surface area contributed by atoms with Crippen molar-refractivity contribution in [1.29, 1.82) is 0 Å². The molecular weight excluding hydrogens is 294 g/mol. The molecule has 1 aromatic carbocycles. The van der Waals surface area contributed by atoms with Crippen molar-refractivity contribution in [1.82, 2.24) is 5.32 Å². The van der Waals surface area contributed by atoms with E-state index in [0.717, 1.165) is 29.6 Å². The number of hydrogen-bond donors (Lipinski definition) is 2. The number of ether oxygens (including phenoxy) is 1. The van der Waals surface area contributed by atoms with Gasteiger partial charge in [0.15, 0.2) is 0 Å². The van der Waals surface area contributed by atoms with Crippen LogP contribution in [0.15, 0.2) is 22.7 Å². The van der Waals surface area contributed by atoms with Crippen LogP contribution < -0.4 is 10.1 Å². The quantitative estimate of drug-likeness (QED) is 0.878. The molecule has 4 heteroatoms. The highest BCUT2D eigenvalue weighted by Gasteiger charge is 2.32. The number of nitrogens with one attached hydrogen (secondary N) is 1. The molecule has 0 aromatic heterocycles. The summed E-state index contributed by atoms with van der Waals surface area (Å²) in [7, 11) is 1.66. The first-order chi connectivity index (χ1) is 8.69. The average Bonchev–Trinajstić information content (AvgIpc) is 2.86. The molecule has 0 heterocycles. The van der Waals surface area contributed by atoms with Gasteiger partial charge in [-0.2, -0.15) is 0 Å². The predicted molar refractivity (Wildman–Crippen MR) is 75.8 cm³/mol. The van der Waals surface area contributed by atoms with Gasteiger partial charge in [-0.15, -0.1) is 0 Å². The molecule has 1 aliphatic carbocycles. The normalized spacial score (nSPS) is 17.9. The third-order valence-electron chi connectivity index (χ3n) is 3.75. The lowest BCUT2D eigenvalue weighted by molar-refractivity contribution is 0.163. The average molecular weight is 314 g/mol. The van der Waals surface area contributed by atoms with Crippen molar-refractivity contribution < 1.29 is 9.84 Å². The van der Waals surface area contributed by atoms with E-state index in [-0.39, 0.29) is 12.1 Å². The largest absolute Gasteiger partial charge is 0.496 e. The van der Waals surface area contributed by atoms with E-state index in [1.54, 1.807) is 7.11 Å². The monoisotopic (exact) mass is 313 g/mol. The fraction of sp³-hybridized carbons (Fsp3) is 0.571. The van der Waals surface area contributed by atoms with Crippen molar-refractivity contribution in [2.75, 3.05) is 13.7 Å². The Hall–Kier alpha value is -0.580. The summed E-state index contributed by atoms with van der Waals surface area (Å²) in [5.41, 5.74) is 1.13. The van der Waals surface area contributed by atoms with Gasteiger partial charge in [0.25, 0.3) is 0 Å². The first kappa shape index (κ1) is 13.8. The van der Waals surface area contributed by atoms with E-state index >= 15 is 0 Å².